The zero-order chi connectivity index (χ0) is 59.7. The molecule has 0 aromatic heterocycles. The van der Waals surface area contributed by atoms with Crippen molar-refractivity contribution in [2.24, 2.45) is 23.7 Å². The van der Waals surface area contributed by atoms with Crippen LogP contribution in [0.1, 0.15) is 287 Å². The largest absolute Gasteiger partial charge is 0.472 e. The minimum atomic E-state index is -4.94. The summed E-state index contributed by atoms with van der Waals surface area (Å²) in [7, 11) is -9.88. The highest BCUT2D eigenvalue weighted by atomic mass is 31.2. The molecular weight excluding hydrogens is 1070 g/mol. The van der Waals surface area contributed by atoms with Gasteiger partial charge in [0.1, 0.15) is 19.3 Å². The average Bonchev–Trinajstić information content (AvgIpc) is 3.39. The first-order chi connectivity index (χ1) is 38.1. The molecule has 5 atom stereocenters. The average molecular weight is 1190 g/mol. The summed E-state index contributed by atoms with van der Waals surface area (Å²) in [5, 5.41) is 10.5. The highest BCUT2D eigenvalue weighted by Crippen LogP contribution is 2.45. The van der Waals surface area contributed by atoms with Gasteiger partial charge in [0.15, 0.2) is 12.2 Å². The van der Waals surface area contributed by atoms with Gasteiger partial charge in [0.25, 0.3) is 0 Å². The lowest BCUT2D eigenvalue weighted by Crippen LogP contribution is -2.30. The molecule has 0 bridgehead atoms. The predicted molar refractivity (Wildman–Crippen MR) is 317 cm³/mol. The van der Waals surface area contributed by atoms with E-state index in [-0.39, 0.29) is 25.7 Å². The zero-order valence-electron chi connectivity index (χ0n) is 51.7. The molecule has 2 unspecified atom stereocenters. The molecule has 17 nitrogen and oxygen atoms in total. The third kappa shape index (κ3) is 55.3. The van der Waals surface area contributed by atoms with Crippen LogP contribution >= 0.6 is 15.6 Å². The van der Waals surface area contributed by atoms with Crippen LogP contribution in [0.4, 0.5) is 0 Å². The van der Waals surface area contributed by atoms with E-state index in [1.54, 1.807) is 0 Å². The Morgan fingerprint density at radius 1 is 0.312 bits per heavy atom. The topological polar surface area (TPSA) is 237 Å². The smallest absolute Gasteiger partial charge is 0.462 e. The Balaban J connectivity index is 5.23. The van der Waals surface area contributed by atoms with Gasteiger partial charge in [-0.05, 0) is 49.4 Å². The Hall–Kier alpha value is -1.94. The third-order valence-electron chi connectivity index (χ3n) is 13.8. The quantitative estimate of drug-likeness (QED) is 0.0222. The summed E-state index contributed by atoms with van der Waals surface area (Å²) in [5.74, 6) is 0.630. The Labute approximate surface area is 486 Å². The number of phosphoric ester groups is 2. The van der Waals surface area contributed by atoms with E-state index in [2.05, 4.69) is 55.4 Å². The minimum absolute atomic E-state index is 0.100. The number of hydrogen-bond acceptors (Lipinski definition) is 15. The maximum atomic E-state index is 12.9. The number of carbonyl (C=O) groups excluding carboxylic acids is 4. The van der Waals surface area contributed by atoms with Crippen molar-refractivity contribution in [1.82, 2.24) is 0 Å². The third-order valence-corrected chi connectivity index (χ3v) is 15.7. The van der Waals surface area contributed by atoms with E-state index in [9.17, 15) is 43.2 Å². The Morgan fingerprint density at radius 3 is 0.775 bits per heavy atom. The van der Waals surface area contributed by atoms with E-state index in [0.29, 0.717) is 43.4 Å². The van der Waals surface area contributed by atoms with Crippen LogP contribution in [0.15, 0.2) is 0 Å². The van der Waals surface area contributed by atoms with Crippen LogP contribution in [0.2, 0.25) is 0 Å². The van der Waals surface area contributed by atoms with E-state index < -0.39 is 97.5 Å². The zero-order valence-corrected chi connectivity index (χ0v) is 53.5. The molecule has 0 spiro atoms. The van der Waals surface area contributed by atoms with Gasteiger partial charge in [-0.25, -0.2) is 9.13 Å². The van der Waals surface area contributed by atoms with Gasteiger partial charge in [0, 0.05) is 25.7 Å². The molecule has 0 saturated carbocycles. The highest BCUT2D eigenvalue weighted by molar-refractivity contribution is 7.47. The van der Waals surface area contributed by atoms with Crippen molar-refractivity contribution in [3.63, 3.8) is 0 Å². The van der Waals surface area contributed by atoms with Gasteiger partial charge >= 0.3 is 39.5 Å². The monoisotopic (exact) mass is 1180 g/mol. The van der Waals surface area contributed by atoms with Crippen LogP contribution < -0.4 is 0 Å². The van der Waals surface area contributed by atoms with Crippen molar-refractivity contribution >= 4 is 39.5 Å². The van der Waals surface area contributed by atoms with Crippen molar-refractivity contribution in [1.29, 1.82) is 0 Å². The van der Waals surface area contributed by atoms with E-state index in [1.165, 1.54) is 77.0 Å². The summed E-state index contributed by atoms with van der Waals surface area (Å²) >= 11 is 0. The van der Waals surface area contributed by atoms with Gasteiger partial charge in [-0.3, -0.25) is 37.3 Å². The van der Waals surface area contributed by atoms with E-state index in [0.717, 1.165) is 109 Å². The van der Waals surface area contributed by atoms with Crippen LogP contribution in [-0.4, -0.2) is 96.7 Å². The second kappa shape index (κ2) is 51.5. The van der Waals surface area contributed by atoms with Crippen LogP contribution in [0.25, 0.3) is 0 Å². The van der Waals surface area contributed by atoms with Crippen LogP contribution in [0.3, 0.4) is 0 Å². The molecule has 80 heavy (non-hydrogen) atoms. The molecule has 0 amide bonds. The fourth-order valence-electron chi connectivity index (χ4n) is 8.90. The maximum Gasteiger partial charge on any atom is 0.472 e. The van der Waals surface area contributed by atoms with Crippen molar-refractivity contribution in [3.8, 4) is 0 Å². The lowest BCUT2D eigenvalue weighted by Gasteiger charge is -2.21. The first-order valence-electron chi connectivity index (χ1n) is 31.7. The molecule has 0 aliphatic carbocycles. The number of rotatable bonds is 58. The molecule has 0 rings (SSSR count). The first-order valence-corrected chi connectivity index (χ1v) is 34.7. The number of aliphatic hydroxyl groups is 1. The van der Waals surface area contributed by atoms with Crippen molar-refractivity contribution < 1.29 is 80.2 Å². The minimum Gasteiger partial charge on any atom is -0.462 e. The number of hydrogen-bond donors (Lipinski definition) is 3. The molecule has 0 saturated heterocycles. The summed E-state index contributed by atoms with van der Waals surface area (Å²) < 4.78 is 67.8. The summed E-state index contributed by atoms with van der Waals surface area (Å²) in [6.45, 7) is 13.8. The second-order valence-corrected chi connectivity index (χ2v) is 26.9. The molecule has 0 fully saturated rings. The number of esters is 4. The number of carbonyl (C=O) groups is 4. The van der Waals surface area contributed by atoms with Crippen LogP contribution in [0.5, 0.6) is 0 Å². The second-order valence-electron chi connectivity index (χ2n) is 24.0. The summed E-state index contributed by atoms with van der Waals surface area (Å²) in [5.41, 5.74) is 0. The lowest BCUT2D eigenvalue weighted by molar-refractivity contribution is -0.161. The molecule has 0 heterocycles. The van der Waals surface area contributed by atoms with Crippen molar-refractivity contribution in [2.75, 3.05) is 39.6 Å². The molecule has 474 valence electrons. The predicted octanol–water partition coefficient (Wildman–Crippen LogP) is 16.2. The Bertz CT molecular complexity index is 1610. The molecule has 0 aliphatic rings. The SMILES string of the molecule is CC(C)CCCCCCCCCCCCC(=O)O[C@H](COC(=O)CCCCCCCCC(C)C)COP(=O)(O)OC[C@H](O)COP(=O)(O)OC[C@@H](COC(=O)CCCCCCCCC(C)C)OC(=O)CCCCCCCCC(C)C. The molecule has 0 aliphatic heterocycles. The Morgan fingerprint density at radius 2 is 0.525 bits per heavy atom. The number of aliphatic hydroxyl groups excluding tert-OH is 1. The fraction of sp³-hybridized carbons (Fsp3) is 0.934. The number of phosphoric acid groups is 2. The molecule has 0 aromatic carbocycles. The van der Waals surface area contributed by atoms with Gasteiger partial charge in [0.05, 0.1) is 26.4 Å². The molecular formula is C61H118O17P2. The van der Waals surface area contributed by atoms with E-state index >= 15 is 0 Å². The van der Waals surface area contributed by atoms with Gasteiger partial charge < -0.3 is 33.8 Å². The summed E-state index contributed by atoms with van der Waals surface area (Å²) in [6, 6.07) is 0. The normalized spacial score (nSPS) is 14.5. The van der Waals surface area contributed by atoms with Crippen LogP contribution in [0, 0.1) is 23.7 Å². The lowest BCUT2D eigenvalue weighted by atomic mass is 10.0. The van der Waals surface area contributed by atoms with Crippen molar-refractivity contribution in [3.05, 3.63) is 0 Å². The van der Waals surface area contributed by atoms with Gasteiger partial charge in [-0.15, -0.1) is 0 Å². The van der Waals surface area contributed by atoms with Crippen LogP contribution in [-0.2, 0) is 65.4 Å². The summed E-state index contributed by atoms with van der Waals surface area (Å²) in [4.78, 5) is 72.0. The molecule has 19 heteroatoms. The summed E-state index contributed by atoms with van der Waals surface area (Å²) in [6.07, 6.45) is 29.8. The van der Waals surface area contributed by atoms with Gasteiger partial charge in [-0.2, -0.15) is 0 Å². The number of unbranched alkanes of at least 4 members (excludes halogenated alkanes) is 24. The molecule has 0 aromatic rings. The van der Waals surface area contributed by atoms with E-state index in [1.807, 2.05) is 0 Å². The molecule has 0 radical (unpaired) electrons. The Kier molecular flexibility index (Phi) is 50.2. The van der Waals surface area contributed by atoms with E-state index in [4.69, 9.17) is 37.0 Å². The highest BCUT2D eigenvalue weighted by Gasteiger charge is 2.30. The van der Waals surface area contributed by atoms with Gasteiger partial charge in [0.2, 0.25) is 0 Å². The standard InChI is InChI=1S/C61H118O17P2/c1-51(2)37-29-21-13-11-9-10-12-14-27-35-43-60(65)77-56(47-71-58(63)41-33-25-18-15-22-30-38-52(3)4)49-75-79(67,68)73-45-55(62)46-74-80(69,70)76-50-57(78-61(66)44-36-28-20-17-24-32-40-54(7)8)48-72-59(64)42-34-26-19-16-23-31-39-53(5)6/h51-57,62H,9-50H2,1-8H3,(H,67,68)(H,69,70)/t55-,56+,57+/m0/s1. The number of ether oxygens (including phenoxy) is 4. The first kappa shape index (κ1) is 78.1. The van der Waals surface area contributed by atoms with Gasteiger partial charge in [-0.1, -0.05) is 235 Å². The van der Waals surface area contributed by atoms with Crippen molar-refractivity contribution in [2.45, 2.75) is 305 Å². The maximum absolute atomic E-state index is 12.9. The fourth-order valence-corrected chi connectivity index (χ4v) is 10.5. The molecule has 3 N–H and O–H groups in total.